The van der Waals surface area contributed by atoms with Gasteiger partial charge in [-0.1, -0.05) is 23.7 Å². The van der Waals surface area contributed by atoms with Crippen molar-refractivity contribution in [2.45, 2.75) is 24.9 Å². The average molecular weight is 347 g/mol. The highest BCUT2D eigenvalue weighted by Crippen LogP contribution is 2.32. The van der Waals surface area contributed by atoms with E-state index < -0.39 is 5.54 Å². The number of nitrogens with zero attached hydrogens (tertiary/aromatic N) is 4. The molecule has 128 valence electrons. The second kappa shape index (κ2) is 6.95. The number of hydrogen-bond acceptors (Lipinski definition) is 3. The van der Waals surface area contributed by atoms with Crippen molar-refractivity contribution in [1.29, 1.82) is 0 Å². The minimum absolute atomic E-state index is 0.142. The molecule has 3 rings (SSSR count). The van der Waals surface area contributed by atoms with E-state index in [1.807, 2.05) is 43.1 Å². The Balaban J connectivity index is 1.74. The van der Waals surface area contributed by atoms with Gasteiger partial charge in [-0.25, -0.2) is 4.98 Å². The fourth-order valence-corrected chi connectivity index (χ4v) is 3.70. The lowest BCUT2D eigenvalue weighted by atomic mass is 9.85. The van der Waals surface area contributed by atoms with Crippen LogP contribution in [0.25, 0.3) is 0 Å². The van der Waals surface area contributed by atoms with Gasteiger partial charge in [-0.3, -0.25) is 9.69 Å². The van der Waals surface area contributed by atoms with E-state index in [9.17, 15) is 4.79 Å². The SMILES string of the molecule is CN(C)C(=O)C1(n2ccnc2)CCN(Cc2cccc(Cl)c2)CC1. The molecule has 1 aromatic heterocycles. The number of carbonyl (C=O) groups is 1. The maximum absolute atomic E-state index is 12.9. The lowest BCUT2D eigenvalue weighted by molar-refractivity contribution is -0.141. The van der Waals surface area contributed by atoms with Gasteiger partial charge in [0.1, 0.15) is 5.54 Å². The predicted molar refractivity (Wildman–Crippen MR) is 94.9 cm³/mol. The Morgan fingerprint density at radius 3 is 2.67 bits per heavy atom. The Morgan fingerprint density at radius 2 is 2.08 bits per heavy atom. The smallest absolute Gasteiger partial charge is 0.248 e. The number of piperidine rings is 1. The Bertz CT molecular complexity index is 691. The van der Waals surface area contributed by atoms with Gasteiger partial charge in [-0.2, -0.15) is 0 Å². The molecule has 0 spiro atoms. The highest BCUT2D eigenvalue weighted by molar-refractivity contribution is 6.30. The van der Waals surface area contributed by atoms with Crippen LogP contribution in [0.5, 0.6) is 0 Å². The van der Waals surface area contributed by atoms with Crippen LogP contribution in [0.1, 0.15) is 18.4 Å². The van der Waals surface area contributed by atoms with Gasteiger partial charge < -0.3 is 9.47 Å². The molecule has 24 heavy (non-hydrogen) atoms. The van der Waals surface area contributed by atoms with Crippen LogP contribution in [0.3, 0.4) is 0 Å². The first-order valence-electron chi connectivity index (χ1n) is 8.18. The first-order valence-corrected chi connectivity index (χ1v) is 8.56. The molecular weight excluding hydrogens is 324 g/mol. The molecule has 0 radical (unpaired) electrons. The van der Waals surface area contributed by atoms with Crippen molar-refractivity contribution in [2.24, 2.45) is 0 Å². The Labute approximate surface area is 147 Å². The van der Waals surface area contributed by atoms with E-state index in [4.69, 9.17) is 11.6 Å². The molecule has 2 aromatic rings. The summed E-state index contributed by atoms with van der Waals surface area (Å²) in [5, 5.41) is 0.764. The molecule has 0 saturated carbocycles. The summed E-state index contributed by atoms with van der Waals surface area (Å²) in [5.74, 6) is 0.142. The highest BCUT2D eigenvalue weighted by atomic mass is 35.5. The van der Waals surface area contributed by atoms with Gasteiger partial charge in [0.2, 0.25) is 5.91 Å². The summed E-state index contributed by atoms with van der Waals surface area (Å²) in [6.45, 7) is 2.59. The summed E-state index contributed by atoms with van der Waals surface area (Å²) in [6, 6.07) is 7.97. The third-order valence-electron chi connectivity index (χ3n) is 4.78. The molecule has 0 aliphatic carbocycles. The Kier molecular flexibility index (Phi) is 4.92. The van der Waals surface area contributed by atoms with Crippen LogP contribution in [0, 0.1) is 0 Å². The zero-order valence-corrected chi connectivity index (χ0v) is 14.9. The van der Waals surface area contributed by atoms with Crippen molar-refractivity contribution >= 4 is 17.5 Å². The van der Waals surface area contributed by atoms with Gasteiger partial charge in [0.15, 0.2) is 0 Å². The van der Waals surface area contributed by atoms with E-state index in [-0.39, 0.29) is 5.91 Å². The molecule has 0 unspecified atom stereocenters. The third kappa shape index (κ3) is 3.32. The number of carbonyl (C=O) groups excluding carboxylic acids is 1. The number of hydrogen-bond donors (Lipinski definition) is 0. The second-order valence-electron chi connectivity index (χ2n) is 6.61. The highest BCUT2D eigenvalue weighted by Gasteiger charge is 2.43. The lowest BCUT2D eigenvalue weighted by Gasteiger charge is -2.42. The van der Waals surface area contributed by atoms with Crippen molar-refractivity contribution in [3.63, 3.8) is 0 Å². The molecular formula is C18H23ClN4O. The number of halogens is 1. The van der Waals surface area contributed by atoms with E-state index in [1.54, 1.807) is 17.4 Å². The molecule has 0 N–H and O–H groups in total. The van der Waals surface area contributed by atoms with Gasteiger partial charge >= 0.3 is 0 Å². The Morgan fingerprint density at radius 1 is 1.33 bits per heavy atom. The van der Waals surface area contributed by atoms with Crippen LogP contribution in [-0.2, 0) is 16.9 Å². The molecule has 2 heterocycles. The first kappa shape index (κ1) is 17.0. The van der Waals surface area contributed by atoms with Crippen molar-refractivity contribution in [1.82, 2.24) is 19.4 Å². The molecule has 1 amide bonds. The molecule has 6 heteroatoms. The largest absolute Gasteiger partial charge is 0.347 e. The molecule has 0 atom stereocenters. The standard InChI is InChI=1S/C18H23ClN4O/c1-21(2)17(24)18(23-11-8-20-14-23)6-9-22(10-7-18)13-15-4-3-5-16(19)12-15/h3-5,8,11-12,14H,6-7,9-10,13H2,1-2H3. The summed E-state index contributed by atoms with van der Waals surface area (Å²) >= 11 is 6.07. The van der Waals surface area contributed by atoms with Gasteiger partial charge in [0.05, 0.1) is 6.33 Å². The quantitative estimate of drug-likeness (QED) is 0.854. The number of benzene rings is 1. The molecule has 1 aromatic carbocycles. The first-order chi connectivity index (χ1) is 11.5. The molecule has 0 bridgehead atoms. The number of aromatic nitrogens is 2. The zero-order chi connectivity index (χ0) is 17.2. The lowest BCUT2D eigenvalue weighted by Crippen LogP contribution is -2.54. The summed E-state index contributed by atoms with van der Waals surface area (Å²) < 4.78 is 1.98. The average Bonchev–Trinajstić information content (AvgIpc) is 3.10. The maximum atomic E-state index is 12.9. The van der Waals surface area contributed by atoms with Crippen LogP contribution >= 0.6 is 11.6 Å². The van der Waals surface area contributed by atoms with Crippen molar-refractivity contribution in [3.05, 3.63) is 53.6 Å². The number of imidazole rings is 1. The molecule has 1 fully saturated rings. The number of likely N-dealkylation sites (tertiary alicyclic amines) is 1. The van der Waals surface area contributed by atoms with E-state index in [0.29, 0.717) is 0 Å². The fraction of sp³-hybridized carbons (Fsp3) is 0.444. The predicted octanol–water partition coefficient (Wildman–Crippen LogP) is 2.62. The van der Waals surface area contributed by atoms with Crippen LogP contribution < -0.4 is 0 Å². The Hall–Kier alpha value is -1.85. The minimum Gasteiger partial charge on any atom is -0.347 e. The van der Waals surface area contributed by atoms with Gasteiger partial charge in [-0.05, 0) is 30.5 Å². The minimum atomic E-state index is -0.523. The monoisotopic (exact) mass is 346 g/mol. The summed E-state index contributed by atoms with van der Waals surface area (Å²) in [6.07, 6.45) is 6.95. The molecule has 1 aliphatic heterocycles. The number of likely N-dealkylation sites (N-methyl/N-ethyl adjacent to an activating group) is 1. The van der Waals surface area contributed by atoms with Crippen LogP contribution in [-0.4, -0.2) is 52.4 Å². The van der Waals surface area contributed by atoms with Crippen molar-refractivity contribution in [3.8, 4) is 0 Å². The van der Waals surface area contributed by atoms with Crippen LogP contribution in [0.2, 0.25) is 5.02 Å². The van der Waals surface area contributed by atoms with Crippen molar-refractivity contribution < 1.29 is 4.79 Å². The summed E-state index contributed by atoms with van der Waals surface area (Å²) in [7, 11) is 3.64. The number of amides is 1. The van der Waals surface area contributed by atoms with Crippen LogP contribution in [0.15, 0.2) is 43.0 Å². The third-order valence-corrected chi connectivity index (χ3v) is 5.02. The molecule has 1 saturated heterocycles. The van der Waals surface area contributed by atoms with E-state index in [1.165, 1.54) is 5.56 Å². The zero-order valence-electron chi connectivity index (χ0n) is 14.2. The fourth-order valence-electron chi connectivity index (χ4n) is 3.49. The maximum Gasteiger partial charge on any atom is 0.248 e. The summed E-state index contributed by atoms with van der Waals surface area (Å²) in [4.78, 5) is 21.1. The van der Waals surface area contributed by atoms with Gasteiger partial charge in [-0.15, -0.1) is 0 Å². The normalized spacial score (nSPS) is 17.6. The van der Waals surface area contributed by atoms with E-state index in [0.717, 1.165) is 37.5 Å². The topological polar surface area (TPSA) is 41.4 Å². The molecule has 5 nitrogen and oxygen atoms in total. The molecule has 1 aliphatic rings. The van der Waals surface area contributed by atoms with Crippen molar-refractivity contribution in [2.75, 3.05) is 27.2 Å². The second-order valence-corrected chi connectivity index (χ2v) is 7.04. The number of rotatable bonds is 4. The van der Waals surface area contributed by atoms with Crippen LogP contribution in [0.4, 0.5) is 0 Å². The van der Waals surface area contributed by atoms with E-state index >= 15 is 0 Å². The summed E-state index contributed by atoms with van der Waals surface area (Å²) in [5.41, 5.74) is 0.682. The van der Waals surface area contributed by atoms with E-state index in [2.05, 4.69) is 16.0 Å². The van der Waals surface area contributed by atoms with Gasteiger partial charge in [0.25, 0.3) is 0 Å². The van der Waals surface area contributed by atoms with Gasteiger partial charge in [0, 0.05) is 51.1 Å².